The number of hydrogen-bond acceptors (Lipinski definition) is 3. The number of carbonyl (C=O) groups is 2. The van der Waals surface area contributed by atoms with Gasteiger partial charge in [0.2, 0.25) is 5.91 Å². The smallest absolute Gasteiger partial charge is 0.313 e. The minimum absolute atomic E-state index is 0.0312. The van der Waals surface area contributed by atoms with Crippen LogP contribution in [0.15, 0.2) is 23.0 Å². The van der Waals surface area contributed by atoms with Gasteiger partial charge in [-0.3, -0.25) is 13.9 Å². The summed E-state index contributed by atoms with van der Waals surface area (Å²) in [4.78, 5) is 36.8. The van der Waals surface area contributed by atoms with Crippen molar-refractivity contribution in [1.82, 2.24) is 9.13 Å². The maximum absolute atomic E-state index is 12.4. The third-order valence-electron chi connectivity index (χ3n) is 3.78. The second-order valence-electron chi connectivity index (χ2n) is 4.91. The van der Waals surface area contributed by atoms with Gasteiger partial charge in [-0.15, -0.1) is 0 Å². The molecule has 0 spiro atoms. The average molecular weight is 273 g/mol. The molecule has 1 aliphatic heterocycles. The predicted octanol–water partition coefficient (Wildman–Crippen LogP) is 0.758. The number of amides is 1. The van der Waals surface area contributed by atoms with Crippen LogP contribution in [0.2, 0.25) is 0 Å². The molecule has 0 saturated heterocycles. The lowest BCUT2D eigenvalue weighted by molar-refractivity contribution is -0.118. The highest BCUT2D eigenvalue weighted by Crippen LogP contribution is 2.28. The molecular weight excluding hydrogens is 258 g/mol. The van der Waals surface area contributed by atoms with Crippen molar-refractivity contribution in [2.24, 2.45) is 0 Å². The van der Waals surface area contributed by atoms with Gasteiger partial charge in [0, 0.05) is 20.0 Å². The van der Waals surface area contributed by atoms with Crippen molar-refractivity contribution in [1.29, 1.82) is 0 Å². The molecule has 2 heterocycles. The van der Waals surface area contributed by atoms with Gasteiger partial charge in [-0.2, -0.15) is 0 Å². The number of aldehydes is 1. The van der Waals surface area contributed by atoms with Crippen molar-refractivity contribution in [2.45, 2.75) is 25.9 Å². The molecule has 1 aromatic heterocycles. The third kappa shape index (κ3) is 1.68. The highest BCUT2D eigenvalue weighted by molar-refractivity contribution is 6.01. The fourth-order valence-electron chi connectivity index (χ4n) is 2.78. The molecule has 3 rings (SSSR count). The number of aryl methyl sites for hydroxylation is 1. The zero-order chi connectivity index (χ0) is 14.3. The van der Waals surface area contributed by atoms with Gasteiger partial charge in [0.05, 0.1) is 23.3 Å². The van der Waals surface area contributed by atoms with Gasteiger partial charge < -0.3 is 9.69 Å². The molecule has 0 atom stereocenters. The molecule has 6 heteroatoms. The topological polar surface area (TPSA) is 64.3 Å². The van der Waals surface area contributed by atoms with E-state index in [1.165, 1.54) is 4.57 Å². The lowest BCUT2D eigenvalue weighted by atomic mass is 10.2. The zero-order valence-corrected chi connectivity index (χ0v) is 11.2. The van der Waals surface area contributed by atoms with E-state index in [0.29, 0.717) is 36.9 Å². The summed E-state index contributed by atoms with van der Waals surface area (Å²) in [6.07, 6.45) is 1.75. The van der Waals surface area contributed by atoms with Crippen LogP contribution in [0.1, 0.15) is 12.8 Å². The number of anilines is 1. The maximum Gasteiger partial charge on any atom is 0.329 e. The minimum Gasteiger partial charge on any atom is -0.313 e. The van der Waals surface area contributed by atoms with Gasteiger partial charge >= 0.3 is 5.69 Å². The molecule has 20 heavy (non-hydrogen) atoms. The zero-order valence-electron chi connectivity index (χ0n) is 11.2. The van der Waals surface area contributed by atoms with E-state index in [4.69, 9.17) is 0 Å². The van der Waals surface area contributed by atoms with Crippen LogP contribution in [0, 0.1) is 0 Å². The van der Waals surface area contributed by atoms with E-state index in [9.17, 15) is 14.4 Å². The molecule has 0 aliphatic carbocycles. The van der Waals surface area contributed by atoms with Crippen molar-refractivity contribution >= 4 is 28.9 Å². The standard InChI is InChI=1S/C14H15N3O3/c1-15-10-4-2-5-11-13(10)17(7-3-6-12(15)19)14(20)16(11)8-9-18/h2,4-5,9H,3,6-8H2,1H3. The van der Waals surface area contributed by atoms with Crippen LogP contribution in [0.5, 0.6) is 0 Å². The summed E-state index contributed by atoms with van der Waals surface area (Å²) in [7, 11) is 1.72. The largest absolute Gasteiger partial charge is 0.329 e. The number of carbonyl (C=O) groups excluding carboxylic acids is 2. The maximum atomic E-state index is 12.4. The molecule has 1 aliphatic rings. The predicted molar refractivity (Wildman–Crippen MR) is 74.9 cm³/mol. The Bertz CT molecular complexity index is 757. The molecule has 2 aromatic rings. The van der Waals surface area contributed by atoms with Gasteiger partial charge in [0.15, 0.2) is 0 Å². The van der Waals surface area contributed by atoms with Crippen LogP contribution in [0.25, 0.3) is 11.0 Å². The summed E-state index contributed by atoms with van der Waals surface area (Å²) < 4.78 is 3.12. The number of benzene rings is 1. The quantitative estimate of drug-likeness (QED) is 0.759. The first-order valence-electron chi connectivity index (χ1n) is 6.57. The molecule has 0 N–H and O–H groups in total. The number of nitrogens with zero attached hydrogens (tertiary/aromatic N) is 3. The molecule has 104 valence electrons. The summed E-state index contributed by atoms with van der Waals surface area (Å²) in [5.74, 6) is 0.0411. The number of para-hydroxylation sites is 1. The molecule has 0 radical (unpaired) electrons. The van der Waals surface area contributed by atoms with Crippen molar-refractivity contribution in [3.63, 3.8) is 0 Å². The summed E-state index contributed by atoms with van der Waals surface area (Å²) >= 11 is 0. The van der Waals surface area contributed by atoms with E-state index in [2.05, 4.69) is 0 Å². The Morgan fingerprint density at radius 2 is 2.10 bits per heavy atom. The Hall–Kier alpha value is -2.37. The van der Waals surface area contributed by atoms with Crippen LogP contribution in [0.3, 0.4) is 0 Å². The van der Waals surface area contributed by atoms with E-state index in [-0.39, 0.29) is 18.1 Å². The molecule has 1 aromatic carbocycles. The molecule has 1 amide bonds. The van der Waals surface area contributed by atoms with Crippen molar-refractivity contribution in [3.8, 4) is 0 Å². The summed E-state index contributed by atoms with van der Waals surface area (Å²) in [6.45, 7) is 0.529. The molecule has 0 saturated carbocycles. The highest BCUT2D eigenvalue weighted by atomic mass is 16.2. The van der Waals surface area contributed by atoms with Crippen molar-refractivity contribution < 1.29 is 9.59 Å². The number of hydrogen-bond donors (Lipinski definition) is 0. The van der Waals surface area contributed by atoms with E-state index in [1.54, 1.807) is 28.6 Å². The molecular formula is C14H15N3O3. The Morgan fingerprint density at radius 3 is 2.85 bits per heavy atom. The Labute approximate surface area is 115 Å². The Morgan fingerprint density at radius 1 is 1.30 bits per heavy atom. The molecule has 6 nitrogen and oxygen atoms in total. The number of aromatic nitrogens is 2. The second-order valence-corrected chi connectivity index (χ2v) is 4.91. The minimum atomic E-state index is -0.192. The van der Waals surface area contributed by atoms with Gasteiger partial charge in [0.25, 0.3) is 0 Å². The first-order chi connectivity index (χ1) is 9.65. The molecule has 0 unspecified atom stereocenters. The van der Waals surface area contributed by atoms with E-state index < -0.39 is 0 Å². The van der Waals surface area contributed by atoms with Crippen LogP contribution in [-0.2, 0) is 22.7 Å². The first-order valence-corrected chi connectivity index (χ1v) is 6.57. The number of imidazole rings is 1. The van der Waals surface area contributed by atoms with Crippen LogP contribution < -0.4 is 10.6 Å². The Balaban J connectivity index is 2.40. The highest BCUT2D eigenvalue weighted by Gasteiger charge is 2.22. The fourth-order valence-corrected chi connectivity index (χ4v) is 2.78. The van der Waals surface area contributed by atoms with Crippen molar-refractivity contribution in [3.05, 3.63) is 28.7 Å². The van der Waals surface area contributed by atoms with Crippen LogP contribution in [0.4, 0.5) is 5.69 Å². The van der Waals surface area contributed by atoms with Crippen molar-refractivity contribution in [2.75, 3.05) is 11.9 Å². The number of rotatable bonds is 2. The lowest BCUT2D eigenvalue weighted by Gasteiger charge is -2.21. The summed E-state index contributed by atoms with van der Waals surface area (Å²) in [5, 5.41) is 0. The molecule has 0 fully saturated rings. The fraction of sp³-hybridized carbons (Fsp3) is 0.357. The van der Waals surface area contributed by atoms with Crippen LogP contribution in [-0.4, -0.2) is 28.4 Å². The summed E-state index contributed by atoms with van der Waals surface area (Å²) in [5.41, 5.74) is 1.95. The second kappa shape index (κ2) is 4.63. The van der Waals surface area contributed by atoms with Gasteiger partial charge in [-0.25, -0.2) is 4.79 Å². The van der Waals surface area contributed by atoms with Gasteiger partial charge in [0.1, 0.15) is 6.29 Å². The van der Waals surface area contributed by atoms with E-state index >= 15 is 0 Å². The van der Waals surface area contributed by atoms with E-state index in [1.807, 2.05) is 6.07 Å². The SMILES string of the molecule is CN1C(=O)CCCn2c(=O)n(CC=O)c3cccc1c32. The van der Waals surface area contributed by atoms with Gasteiger partial charge in [-0.1, -0.05) is 6.07 Å². The van der Waals surface area contributed by atoms with Gasteiger partial charge in [-0.05, 0) is 18.6 Å². The third-order valence-corrected chi connectivity index (χ3v) is 3.78. The lowest BCUT2D eigenvalue weighted by Crippen LogP contribution is -2.30. The van der Waals surface area contributed by atoms with E-state index in [0.717, 1.165) is 5.52 Å². The normalized spacial score (nSPS) is 15.2. The first kappa shape index (κ1) is 12.7. The average Bonchev–Trinajstić information content (AvgIpc) is 2.71. The summed E-state index contributed by atoms with van der Waals surface area (Å²) in [6, 6.07) is 5.43. The molecule has 0 bridgehead atoms. The monoisotopic (exact) mass is 273 g/mol. The van der Waals surface area contributed by atoms with Crippen LogP contribution >= 0.6 is 0 Å². The Kier molecular flexibility index (Phi) is 2.93.